The van der Waals surface area contributed by atoms with Gasteiger partial charge in [-0.3, -0.25) is 15.0 Å². The normalized spacial score (nSPS) is 19.8. The highest BCUT2D eigenvalue weighted by Crippen LogP contribution is 2.33. The molecule has 34 heavy (non-hydrogen) atoms. The lowest BCUT2D eigenvalue weighted by Crippen LogP contribution is -2.55. The molecule has 1 aromatic rings. The van der Waals surface area contributed by atoms with Crippen molar-refractivity contribution in [3.8, 4) is 5.75 Å². The van der Waals surface area contributed by atoms with Crippen molar-refractivity contribution in [1.82, 2.24) is 10.9 Å². The van der Waals surface area contributed by atoms with E-state index in [2.05, 4.69) is 17.8 Å². The molecular formula is C25H39N3O6. The zero-order valence-electron chi connectivity index (χ0n) is 21.0. The van der Waals surface area contributed by atoms with Crippen LogP contribution in [-0.2, 0) is 19.1 Å². The van der Waals surface area contributed by atoms with Gasteiger partial charge >= 0.3 is 5.97 Å². The number of aliphatic hydroxyl groups is 1. The highest BCUT2D eigenvalue weighted by atomic mass is 16.6. The molecule has 0 saturated heterocycles. The van der Waals surface area contributed by atoms with Crippen LogP contribution in [-0.4, -0.2) is 59.9 Å². The molecule has 0 aliphatic carbocycles. The van der Waals surface area contributed by atoms with E-state index in [9.17, 15) is 9.59 Å². The molecule has 1 amide bonds. The highest BCUT2D eigenvalue weighted by Gasteiger charge is 2.50. The Hall–Kier alpha value is -2.65. The molecule has 9 nitrogen and oxygen atoms in total. The quantitative estimate of drug-likeness (QED) is 0.227. The molecule has 0 radical (unpaired) electrons. The summed E-state index contributed by atoms with van der Waals surface area (Å²) in [4.78, 5) is 30.4. The number of unbranched alkanes of at least 4 members (excludes halogenated alkanes) is 1. The van der Waals surface area contributed by atoms with Crippen molar-refractivity contribution >= 4 is 17.8 Å². The van der Waals surface area contributed by atoms with Gasteiger partial charge in [-0.2, -0.15) is 0 Å². The van der Waals surface area contributed by atoms with Gasteiger partial charge in [-0.25, -0.2) is 10.4 Å². The van der Waals surface area contributed by atoms with Crippen molar-refractivity contribution in [2.75, 3.05) is 19.8 Å². The number of hydrazine groups is 1. The van der Waals surface area contributed by atoms with Crippen molar-refractivity contribution < 1.29 is 28.9 Å². The summed E-state index contributed by atoms with van der Waals surface area (Å²) >= 11 is 0. The standard InChI is InChI=1S/C25H39N3O6/c1-6-7-15-26-28-23(31)25(14-13-21(30)34-24(3,4)5)18(2)33-22(27-25)19-9-11-20(12-10-19)32-17-8-16-29/h9-12,18,26,29H,6-8,13-17H2,1-5H3,(H,28,31)/t18-,25-/m0/s1. The number of amides is 1. The first-order valence-corrected chi connectivity index (χ1v) is 12.0. The molecule has 190 valence electrons. The lowest BCUT2D eigenvalue weighted by Gasteiger charge is -2.28. The number of rotatable bonds is 13. The molecular weight excluding hydrogens is 438 g/mol. The number of esters is 1. The second-order valence-electron chi connectivity index (χ2n) is 9.37. The number of hydrogen-bond donors (Lipinski definition) is 3. The van der Waals surface area contributed by atoms with Crippen LogP contribution in [0.4, 0.5) is 0 Å². The number of nitrogens with zero attached hydrogens (tertiary/aromatic N) is 1. The number of carbonyl (C=O) groups excluding carboxylic acids is 2. The number of aliphatic imine (C=N–C) groups is 1. The number of aliphatic hydroxyl groups excluding tert-OH is 1. The lowest BCUT2D eigenvalue weighted by molar-refractivity contribution is -0.155. The summed E-state index contributed by atoms with van der Waals surface area (Å²) in [6, 6.07) is 7.19. The van der Waals surface area contributed by atoms with Gasteiger partial charge in [0, 0.05) is 31.6 Å². The van der Waals surface area contributed by atoms with Gasteiger partial charge in [-0.1, -0.05) is 13.3 Å². The van der Waals surface area contributed by atoms with Crippen molar-refractivity contribution in [1.29, 1.82) is 0 Å². The van der Waals surface area contributed by atoms with Crippen LogP contribution in [0.1, 0.15) is 72.3 Å². The zero-order valence-corrected chi connectivity index (χ0v) is 21.0. The van der Waals surface area contributed by atoms with E-state index in [1.54, 1.807) is 52.0 Å². The largest absolute Gasteiger partial charge is 0.494 e. The minimum absolute atomic E-state index is 0.0295. The van der Waals surface area contributed by atoms with Crippen molar-refractivity contribution in [2.24, 2.45) is 4.99 Å². The summed E-state index contributed by atoms with van der Waals surface area (Å²) in [5.41, 5.74) is 4.51. The average Bonchev–Trinajstić information content (AvgIpc) is 3.12. The van der Waals surface area contributed by atoms with Crippen LogP contribution in [0.2, 0.25) is 0 Å². The maximum atomic E-state index is 13.3. The molecule has 0 spiro atoms. The SMILES string of the molecule is CCCCNNC(=O)[C@@]1(CCC(=O)OC(C)(C)C)N=C(c2ccc(OCCCO)cc2)O[C@H]1C. The Morgan fingerprint density at radius 1 is 1.21 bits per heavy atom. The number of carbonyl (C=O) groups is 2. The van der Waals surface area contributed by atoms with E-state index in [1.165, 1.54) is 0 Å². The van der Waals surface area contributed by atoms with E-state index < -0.39 is 17.2 Å². The molecule has 1 aliphatic heterocycles. The van der Waals surface area contributed by atoms with Gasteiger partial charge in [0.2, 0.25) is 5.90 Å². The first-order chi connectivity index (χ1) is 16.1. The predicted molar refractivity (Wildman–Crippen MR) is 130 cm³/mol. The van der Waals surface area contributed by atoms with Gasteiger partial charge in [0.05, 0.1) is 6.61 Å². The maximum absolute atomic E-state index is 13.3. The minimum Gasteiger partial charge on any atom is -0.494 e. The number of hydrogen-bond acceptors (Lipinski definition) is 8. The van der Waals surface area contributed by atoms with Gasteiger partial charge in [0.1, 0.15) is 17.5 Å². The predicted octanol–water partition coefficient (Wildman–Crippen LogP) is 2.89. The molecule has 0 unspecified atom stereocenters. The van der Waals surface area contributed by atoms with E-state index in [4.69, 9.17) is 24.3 Å². The van der Waals surface area contributed by atoms with Gasteiger partial charge in [0.15, 0.2) is 5.54 Å². The van der Waals surface area contributed by atoms with E-state index in [0.717, 1.165) is 12.8 Å². The van der Waals surface area contributed by atoms with Gasteiger partial charge in [-0.15, -0.1) is 0 Å². The summed E-state index contributed by atoms with van der Waals surface area (Å²) in [7, 11) is 0. The Labute approximate surface area is 202 Å². The molecule has 0 bridgehead atoms. The Morgan fingerprint density at radius 2 is 1.91 bits per heavy atom. The third-order valence-electron chi connectivity index (χ3n) is 5.32. The fourth-order valence-corrected chi connectivity index (χ4v) is 3.45. The minimum atomic E-state index is -1.28. The van der Waals surface area contributed by atoms with Crippen LogP contribution in [0.3, 0.4) is 0 Å². The van der Waals surface area contributed by atoms with Gasteiger partial charge in [-0.05, 0) is 64.8 Å². The van der Waals surface area contributed by atoms with Crippen LogP contribution in [0.25, 0.3) is 0 Å². The molecule has 0 fully saturated rings. The molecule has 1 aromatic carbocycles. The molecule has 2 rings (SSSR count). The lowest BCUT2D eigenvalue weighted by atomic mass is 9.88. The van der Waals surface area contributed by atoms with Crippen LogP contribution in [0.15, 0.2) is 29.3 Å². The molecule has 1 heterocycles. The smallest absolute Gasteiger partial charge is 0.306 e. The zero-order chi connectivity index (χ0) is 25.2. The fraction of sp³-hybridized carbons (Fsp3) is 0.640. The summed E-state index contributed by atoms with van der Waals surface area (Å²) in [5.74, 6) is 0.262. The molecule has 3 N–H and O–H groups in total. The third-order valence-corrected chi connectivity index (χ3v) is 5.32. The van der Waals surface area contributed by atoms with E-state index >= 15 is 0 Å². The molecule has 2 atom stereocenters. The monoisotopic (exact) mass is 477 g/mol. The number of nitrogens with one attached hydrogen (secondary N) is 2. The van der Waals surface area contributed by atoms with Crippen molar-refractivity contribution in [3.05, 3.63) is 29.8 Å². The average molecular weight is 478 g/mol. The van der Waals surface area contributed by atoms with Crippen LogP contribution in [0, 0.1) is 0 Å². The summed E-state index contributed by atoms with van der Waals surface area (Å²) in [6.07, 6.45) is 2.06. The van der Waals surface area contributed by atoms with Crippen LogP contribution >= 0.6 is 0 Å². The Balaban J connectivity index is 2.21. The highest BCUT2D eigenvalue weighted by molar-refractivity contribution is 6.00. The number of ether oxygens (including phenoxy) is 3. The van der Waals surface area contributed by atoms with Crippen molar-refractivity contribution in [3.63, 3.8) is 0 Å². The second kappa shape index (κ2) is 12.7. The number of benzene rings is 1. The Bertz CT molecular complexity index is 834. The summed E-state index contributed by atoms with van der Waals surface area (Å²) in [5, 5.41) is 8.89. The first-order valence-electron chi connectivity index (χ1n) is 12.0. The first kappa shape index (κ1) is 27.6. The molecule has 9 heteroatoms. The molecule has 0 saturated carbocycles. The van der Waals surface area contributed by atoms with Gasteiger partial charge < -0.3 is 19.3 Å². The van der Waals surface area contributed by atoms with E-state index in [1.807, 2.05) is 0 Å². The Morgan fingerprint density at radius 3 is 2.53 bits per heavy atom. The summed E-state index contributed by atoms with van der Waals surface area (Å²) < 4.78 is 17.0. The molecule has 1 aliphatic rings. The molecule has 0 aromatic heterocycles. The van der Waals surface area contributed by atoms with Crippen LogP contribution in [0.5, 0.6) is 5.75 Å². The van der Waals surface area contributed by atoms with Gasteiger partial charge in [0.25, 0.3) is 5.91 Å². The maximum Gasteiger partial charge on any atom is 0.306 e. The Kier molecular flexibility index (Phi) is 10.3. The van der Waals surface area contributed by atoms with E-state index in [-0.39, 0.29) is 31.3 Å². The summed E-state index contributed by atoms with van der Waals surface area (Å²) in [6.45, 7) is 10.4. The van der Waals surface area contributed by atoms with E-state index in [0.29, 0.717) is 36.8 Å². The fourth-order valence-electron chi connectivity index (χ4n) is 3.45. The second-order valence-corrected chi connectivity index (χ2v) is 9.37. The van der Waals surface area contributed by atoms with Crippen LogP contribution < -0.4 is 15.6 Å². The van der Waals surface area contributed by atoms with Crippen molar-refractivity contribution in [2.45, 2.75) is 84.0 Å². The topological polar surface area (TPSA) is 118 Å². The third kappa shape index (κ3) is 7.99.